The van der Waals surface area contributed by atoms with Crippen LogP contribution in [0, 0.1) is 0 Å². The van der Waals surface area contributed by atoms with Gasteiger partial charge in [0.2, 0.25) is 0 Å². The Morgan fingerprint density at radius 2 is 1.38 bits per heavy atom. The Kier molecular flexibility index (Phi) is 6.68. The first-order chi connectivity index (χ1) is 12.9. The molecule has 0 aliphatic heterocycles. The van der Waals surface area contributed by atoms with Crippen molar-refractivity contribution in [3.8, 4) is 11.5 Å². The van der Waals surface area contributed by atoms with Gasteiger partial charge in [0.1, 0.15) is 6.61 Å². The molecule has 3 aromatic carbocycles. The highest BCUT2D eigenvalue weighted by Crippen LogP contribution is 2.32. The molecule has 0 saturated heterocycles. The summed E-state index contributed by atoms with van der Waals surface area (Å²) in [6, 6.07) is 26.6. The molecule has 0 radical (unpaired) electrons. The predicted molar refractivity (Wildman–Crippen MR) is 105 cm³/mol. The van der Waals surface area contributed by atoms with E-state index in [1.165, 1.54) is 5.56 Å². The molecule has 0 bridgehead atoms. The van der Waals surface area contributed by atoms with E-state index in [9.17, 15) is 0 Å². The highest BCUT2D eigenvalue weighted by Gasteiger charge is 2.11. The fourth-order valence-corrected chi connectivity index (χ4v) is 2.80. The summed E-state index contributed by atoms with van der Waals surface area (Å²) in [4.78, 5) is 0. The maximum Gasteiger partial charge on any atom is 0.166 e. The summed E-state index contributed by atoms with van der Waals surface area (Å²) in [6.45, 7) is 4.66. The molecule has 3 rings (SSSR count). The van der Waals surface area contributed by atoms with Gasteiger partial charge in [-0.2, -0.15) is 0 Å². The molecule has 0 aliphatic rings. The first kappa shape index (κ1) is 18.0. The molecule has 0 saturated carbocycles. The lowest BCUT2D eigenvalue weighted by molar-refractivity contribution is 0.266. The van der Waals surface area contributed by atoms with Crippen LogP contribution in [0.25, 0.3) is 0 Å². The van der Waals surface area contributed by atoms with E-state index in [1.807, 2.05) is 43.3 Å². The molecular formula is C23H25NO2. The molecule has 0 unspecified atom stereocenters. The van der Waals surface area contributed by atoms with E-state index in [2.05, 4.69) is 47.8 Å². The van der Waals surface area contributed by atoms with Gasteiger partial charge in [0, 0.05) is 18.7 Å². The van der Waals surface area contributed by atoms with Gasteiger partial charge in [-0.15, -0.1) is 0 Å². The van der Waals surface area contributed by atoms with E-state index in [4.69, 9.17) is 9.47 Å². The van der Waals surface area contributed by atoms with Crippen molar-refractivity contribution < 1.29 is 9.47 Å². The second-order valence-electron chi connectivity index (χ2n) is 6.04. The standard InChI is InChI=1S/C23H25NO2/c1-2-25-22-15-9-14-21(17-24-16-19-10-5-3-6-11-19)23(22)26-18-20-12-7-4-8-13-20/h3-15,24H,2,16-18H2,1H3. The number of rotatable bonds is 9. The monoisotopic (exact) mass is 347 g/mol. The summed E-state index contributed by atoms with van der Waals surface area (Å²) in [7, 11) is 0. The van der Waals surface area contributed by atoms with Crippen LogP contribution in [0.5, 0.6) is 11.5 Å². The van der Waals surface area contributed by atoms with E-state index >= 15 is 0 Å². The largest absolute Gasteiger partial charge is 0.490 e. The van der Waals surface area contributed by atoms with Gasteiger partial charge in [0.15, 0.2) is 11.5 Å². The molecule has 0 atom stereocenters. The minimum absolute atomic E-state index is 0.524. The summed E-state index contributed by atoms with van der Waals surface area (Å²) < 4.78 is 11.9. The van der Waals surface area contributed by atoms with Crippen LogP contribution in [-0.4, -0.2) is 6.61 Å². The lowest BCUT2D eigenvalue weighted by Crippen LogP contribution is -2.14. The predicted octanol–water partition coefficient (Wildman–Crippen LogP) is 4.95. The van der Waals surface area contributed by atoms with Gasteiger partial charge in [-0.05, 0) is 24.1 Å². The van der Waals surface area contributed by atoms with E-state index in [-0.39, 0.29) is 0 Å². The first-order valence-electron chi connectivity index (χ1n) is 9.03. The zero-order valence-electron chi connectivity index (χ0n) is 15.2. The first-order valence-corrected chi connectivity index (χ1v) is 9.03. The Balaban J connectivity index is 1.70. The van der Waals surface area contributed by atoms with Gasteiger partial charge in [-0.3, -0.25) is 0 Å². The van der Waals surface area contributed by atoms with Crippen LogP contribution in [0.15, 0.2) is 78.9 Å². The molecule has 134 valence electrons. The van der Waals surface area contributed by atoms with E-state index in [0.29, 0.717) is 13.2 Å². The second kappa shape index (κ2) is 9.64. The Morgan fingerprint density at radius 3 is 2.08 bits per heavy atom. The van der Waals surface area contributed by atoms with Crippen molar-refractivity contribution in [1.82, 2.24) is 5.32 Å². The van der Waals surface area contributed by atoms with Crippen molar-refractivity contribution in [1.29, 1.82) is 0 Å². The van der Waals surface area contributed by atoms with Crippen molar-refractivity contribution in [3.05, 3.63) is 95.6 Å². The summed E-state index contributed by atoms with van der Waals surface area (Å²) in [6.07, 6.45) is 0. The van der Waals surface area contributed by atoms with Crippen molar-refractivity contribution in [3.63, 3.8) is 0 Å². The van der Waals surface area contributed by atoms with Crippen LogP contribution in [0.1, 0.15) is 23.6 Å². The van der Waals surface area contributed by atoms with Crippen LogP contribution >= 0.6 is 0 Å². The lowest BCUT2D eigenvalue weighted by atomic mass is 10.1. The molecule has 26 heavy (non-hydrogen) atoms. The third-order valence-electron chi connectivity index (χ3n) is 4.07. The van der Waals surface area contributed by atoms with Crippen LogP contribution in [-0.2, 0) is 19.7 Å². The zero-order chi connectivity index (χ0) is 18.0. The highest BCUT2D eigenvalue weighted by atomic mass is 16.5. The van der Waals surface area contributed by atoms with Gasteiger partial charge in [-0.1, -0.05) is 72.8 Å². The Labute approximate surface area is 155 Å². The maximum absolute atomic E-state index is 6.14. The topological polar surface area (TPSA) is 30.5 Å². The summed E-state index contributed by atoms with van der Waals surface area (Å²) in [5.41, 5.74) is 3.50. The molecule has 0 amide bonds. The fraction of sp³-hybridized carbons (Fsp3) is 0.217. The minimum Gasteiger partial charge on any atom is -0.490 e. The number of para-hydroxylation sites is 1. The van der Waals surface area contributed by atoms with Gasteiger partial charge >= 0.3 is 0 Å². The summed E-state index contributed by atoms with van der Waals surface area (Å²) in [5.74, 6) is 1.61. The minimum atomic E-state index is 0.524. The third kappa shape index (κ3) is 5.11. The smallest absolute Gasteiger partial charge is 0.166 e. The molecule has 3 heteroatoms. The molecule has 0 spiro atoms. The molecule has 0 aliphatic carbocycles. The summed E-state index contributed by atoms with van der Waals surface area (Å²) >= 11 is 0. The van der Waals surface area contributed by atoms with Gasteiger partial charge in [-0.25, -0.2) is 0 Å². The Hall–Kier alpha value is -2.78. The fourth-order valence-electron chi connectivity index (χ4n) is 2.80. The Morgan fingerprint density at radius 1 is 0.692 bits per heavy atom. The molecule has 0 aromatic heterocycles. The van der Waals surface area contributed by atoms with Crippen molar-refractivity contribution in [2.75, 3.05) is 6.61 Å². The lowest BCUT2D eigenvalue weighted by Gasteiger charge is -2.16. The molecule has 3 nitrogen and oxygen atoms in total. The molecular weight excluding hydrogens is 322 g/mol. The van der Waals surface area contributed by atoms with Crippen LogP contribution in [0.4, 0.5) is 0 Å². The summed E-state index contributed by atoms with van der Waals surface area (Å²) in [5, 5.41) is 3.49. The number of nitrogens with one attached hydrogen (secondary N) is 1. The molecule has 1 N–H and O–H groups in total. The number of benzene rings is 3. The Bertz CT molecular complexity index is 788. The van der Waals surface area contributed by atoms with Crippen LogP contribution < -0.4 is 14.8 Å². The SMILES string of the molecule is CCOc1cccc(CNCc2ccccc2)c1OCc1ccccc1. The number of hydrogen-bond acceptors (Lipinski definition) is 3. The molecule has 0 heterocycles. The van der Waals surface area contributed by atoms with E-state index in [0.717, 1.165) is 35.7 Å². The maximum atomic E-state index is 6.14. The average Bonchev–Trinajstić information content (AvgIpc) is 2.69. The van der Waals surface area contributed by atoms with Crippen LogP contribution in [0.2, 0.25) is 0 Å². The van der Waals surface area contributed by atoms with Gasteiger partial charge in [0.25, 0.3) is 0 Å². The molecule has 3 aromatic rings. The van der Waals surface area contributed by atoms with E-state index < -0.39 is 0 Å². The molecule has 0 fully saturated rings. The van der Waals surface area contributed by atoms with Crippen molar-refractivity contribution in [2.24, 2.45) is 0 Å². The van der Waals surface area contributed by atoms with Crippen molar-refractivity contribution in [2.45, 2.75) is 26.6 Å². The number of ether oxygens (including phenoxy) is 2. The van der Waals surface area contributed by atoms with E-state index in [1.54, 1.807) is 0 Å². The van der Waals surface area contributed by atoms with Crippen LogP contribution in [0.3, 0.4) is 0 Å². The third-order valence-corrected chi connectivity index (χ3v) is 4.07. The average molecular weight is 347 g/mol. The normalized spacial score (nSPS) is 10.5. The van der Waals surface area contributed by atoms with Gasteiger partial charge < -0.3 is 14.8 Å². The quantitative estimate of drug-likeness (QED) is 0.594. The van der Waals surface area contributed by atoms with Crippen molar-refractivity contribution >= 4 is 0 Å². The second-order valence-corrected chi connectivity index (χ2v) is 6.04. The number of hydrogen-bond donors (Lipinski definition) is 1. The zero-order valence-corrected chi connectivity index (χ0v) is 15.2. The highest BCUT2D eigenvalue weighted by molar-refractivity contribution is 5.46. The van der Waals surface area contributed by atoms with Gasteiger partial charge in [0.05, 0.1) is 6.61 Å².